The van der Waals surface area contributed by atoms with Gasteiger partial charge in [-0.2, -0.15) is 0 Å². The normalized spacial score (nSPS) is 11.9. The lowest BCUT2D eigenvalue weighted by atomic mass is 10.2. The van der Waals surface area contributed by atoms with E-state index < -0.39 is 12.0 Å². The van der Waals surface area contributed by atoms with Crippen LogP contribution in [-0.2, 0) is 15.3 Å². The molecule has 0 aliphatic heterocycles. The molecule has 1 aromatic rings. The maximum atomic E-state index is 12.7. The second-order valence-electron chi connectivity index (χ2n) is 3.99. The Morgan fingerprint density at radius 2 is 2.00 bits per heavy atom. The number of carboxylic acids is 1. The van der Waals surface area contributed by atoms with Gasteiger partial charge in [0.05, 0.1) is 5.75 Å². The summed E-state index contributed by atoms with van der Waals surface area (Å²) in [6.07, 6.45) is 0.351. The van der Waals surface area contributed by atoms with Crippen LogP contribution < -0.4 is 5.32 Å². The van der Waals surface area contributed by atoms with E-state index >= 15 is 0 Å². The van der Waals surface area contributed by atoms with Crippen molar-refractivity contribution in [3.05, 3.63) is 35.6 Å². The third-order valence-electron chi connectivity index (χ3n) is 2.46. The maximum Gasteiger partial charge on any atom is 0.326 e. The van der Waals surface area contributed by atoms with E-state index in [0.717, 1.165) is 5.56 Å². The van der Waals surface area contributed by atoms with Crippen LogP contribution in [0.25, 0.3) is 0 Å². The fraction of sp³-hybridized carbons (Fsp3) is 0.385. The van der Waals surface area contributed by atoms with E-state index in [0.29, 0.717) is 12.2 Å². The molecule has 19 heavy (non-hydrogen) atoms. The molecule has 1 unspecified atom stereocenters. The van der Waals surface area contributed by atoms with Gasteiger partial charge in [0.15, 0.2) is 0 Å². The van der Waals surface area contributed by atoms with E-state index in [4.69, 9.17) is 5.11 Å². The molecular weight excluding hydrogens is 269 g/mol. The average molecular weight is 285 g/mol. The lowest BCUT2D eigenvalue weighted by Crippen LogP contribution is -2.41. The van der Waals surface area contributed by atoms with E-state index in [2.05, 4.69) is 5.32 Å². The highest BCUT2D eigenvalue weighted by Crippen LogP contribution is 2.12. The number of amides is 1. The Morgan fingerprint density at radius 1 is 1.37 bits per heavy atom. The van der Waals surface area contributed by atoms with Gasteiger partial charge in [-0.15, -0.1) is 11.8 Å². The molecule has 0 spiro atoms. The van der Waals surface area contributed by atoms with Crippen molar-refractivity contribution in [3.8, 4) is 0 Å². The lowest BCUT2D eigenvalue weighted by molar-refractivity contribution is -0.141. The Hall–Kier alpha value is -1.56. The average Bonchev–Trinajstić information content (AvgIpc) is 2.38. The van der Waals surface area contributed by atoms with Gasteiger partial charge in [0.2, 0.25) is 5.91 Å². The van der Waals surface area contributed by atoms with Crippen LogP contribution in [0, 0.1) is 5.82 Å². The largest absolute Gasteiger partial charge is 0.480 e. The summed E-state index contributed by atoms with van der Waals surface area (Å²) in [6.45, 7) is 1.70. The summed E-state index contributed by atoms with van der Waals surface area (Å²) >= 11 is 1.36. The van der Waals surface area contributed by atoms with Crippen molar-refractivity contribution in [1.82, 2.24) is 5.32 Å². The zero-order valence-electron chi connectivity index (χ0n) is 10.6. The SMILES string of the molecule is CCC(NC(=O)CSCc1ccc(F)cc1)C(=O)O. The van der Waals surface area contributed by atoms with E-state index in [-0.39, 0.29) is 17.5 Å². The van der Waals surface area contributed by atoms with Crippen molar-refractivity contribution < 1.29 is 19.1 Å². The summed E-state index contributed by atoms with van der Waals surface area (Å²) < 4.78 is 12.7. The lowest BCUT2D eigenvalue weighted by Gasteiger charge is -2.11. The molecule has 1 aromatic carbocycles. The van der Waals surface area contributed by atoms with Crippen LogP contribution in [0.5, 0.6) is 0 Å². The molecule has 2 N–H and O–H groups in total. The number of rotatable bonds is 7. The molecule has 1 rings (SSSR count). The van der Waals surface area contributed by atoms with Crippen LogP contribution in [0.3, 0.4) is 0 Å². The second-order valence-corrected chi connectivity index (χ2v) is 4.97. The van der Waals surface area contributed by atoms with Gasteiger partial charge >= 0.3 is 5.97 Å². The number of aliphatic carboxylic acids is 1. The molecule has 0 aliphatic carbocycles. The quantitative estimate of drug-likeness (QED) is 0.804. The summed E-state index contributed by atoms with van der Waals surface area (Å²) in [5, 5.41) is 11.2. The topological polar surface area (TPSA) is 66.4 Å². The predicted octanol–water partition coefficient (Wildman–Crippen LogP) is 2.04. The first-order valence-electron chi connectivity index (χ1n) is 5.87. The molecule has 0 fully saturated rings. The van der Waals surface area contributed by atoms with E-state index in [1.807, 2.05) is 0 Å². The van der Waals surface area contributed by atoms with Crippen LogP contribution in [0.2, 0.25) is 0 Å². The highest BCUT2D eigenvalue weighted by Gasteiger charge is 2.17. The molecule has 1 amide bonds. The number of carbonyl (C=O) groups excluding carboxylic acids is 1. The molecule has 0 aromatic heterocycles. The van der Waals surface area contributed by atoms with Crippen LogP contribution >= 0.6 is 11.8 Å². The number of carbonyl (C=O) groups is 2. The first kappa shape index (κ1) is 15.5. The molecule has 0 saturated heterocycles. The Balaban J connectivity index is 2.30. The number of benzene rings is 1. The van der Waals surface area contributed by atoms with Gasteiger partial charge in [0.25, 0.3) is 0 Å². The summed E-state index contributed by atoms with van der Waals surface area (Å²) in [5.41, 5.74) is 0.921. The standard InChI is InChI=1S/C13H16FNO3S/c1-2-11(13(17)18)15-12(16)8-19-7-9-3-5-10(14)6-4-9/h3-6,11H,2,7-8H2,1H3,(H,15,16)(H,17,18). The predicted molar refractivity (Wildman–Crippen MR) is 72.4 cm³/mol. The number of thioether (sulfide) groups is 1. The van der Waals surface area contributed by atoms with Gasteiger partial charge < -0.3 is 10.4 Å². The summed E-state index contributed by atoms with van der Waals surface area (Å²) in [5.74, 6) is -0.863. The molecule has 0 heterocycles. The molecular formula is C13H16FNO3S. The Morgan fingerprint density at radius 3 is 2.53 bits per heavy atom. The van der Waals surface area contributed by atoms with Crippen molar-refractivity contribution in [2.45, 2.75) is 25.1 Å². The molecule has 1 atom stereocenters. The maximum absolute atomic E-state index is 12.7. The van der Waals surface area contributed by atoms with Crippen LogP contribution in [0.4, 0.5) is 4.39 Å². The summed E-state index contributed by atoms with van der Waals surface area (Å²) in [6, 6.07) is 5.22. The van der Waals surface area contributed by atoms with Gasteiger partial charge in [-0.1, -0.05) is 19.1 Å². The highest BCUT2D eigenvalue weighted by atomic mass is 32.2. The Labute approximate surface area is 115 Å². The van der Waals surface area contributed by atoms with Gasteiger partial charge in [0.1, 0.15) is 11.9 Å². The molecule has 104 valence electrons. The minimum Gasteiger partial charge on any atom is -0.480 e. The summed E-state index contributed by atoms with van der Waals surface area (Å²) in [4.78, 5) is 22.2. The number of carboxylic acid groups (broad SMARTS) is 1. The molecule has 4 nitrogen and oxygen atoms in total. The van der Waals surface area contributed by atoms with E-state index in [9.17, 15) is 14.0 Å². The minimum atomic E-state index is -1.03. The van der Waals surface area contributed by atoms with Crippen molar-refractivity contribution in [2.75, 3.05) is 5.75 Å². The molecule has 0 radical (unpaired) electrons. The van der Waals surface area contributed by atoms with Gasteiger partial charge in [-0.25, -0.2) is 9.18 Å². The van der Waals surface area contributed by atoms with Crippen LogP contribution in [0.1, 0.15) is 18.9 Å². The smallest absolute Gasteiger partial charge is 0.326 e. The zero-order chi connectivity index (χ0) is 14.3. The second kappa shape index (κ2) is 7.78. The Bertz CT molecular complexity index is 436. The number of halogens is 1. The van der Waals surface area contributed by atoms with Crippen molar-refractivity contribution >= 4 is 23.6 Å². The first-order valence-corrected chi connectivity index (χ1v) is 7.02. The van der Waals surface area contributed by atoms with E-state index in [1.165, 1.54) is 23.9 Å². The third-order valence-corrected chi connectivity index (χ3v) is 3.46. The minimum absolute atomic E-state index is 0.182. The van der Waals surface area contributed by atoms with Gasteiger partial charge in [-0.05, 0) is 24.1 Å². The van der Waals surface area contributed by atoms with E-state index in [1.54, 1.807) is 19.1 Å². The van der Waals surface area contributed by atoms with Crippen molar-refractivity contribution in [1.29, 1.82) is 0 Å². The molecule has 0 bridgehead atoms. The van der Waals surface area contributed by atoms with Crippen LogP contribution in [0.15, 0.2) is 24.3 Å². The highest BCUT2D eigenvalue weighted by molar-refractivity contribution is 7.99. The molecule has 0 aliphatic rings. The zero-order valence-corrected chi connectivity index (χ0v) is 11.4. The van der Waals surface area contributed by atoms with Crippen molar-refractivity contribution in [2.24, 2.45) is 0 Å². The molecule has 0 saturated carbocycles. The third kappa shape index (κ3) is 5.74. The fourth-order valence-electron chi connectivity index (χ4n) is 1.42. The number of hydrogen-bond donors (Lipinski definition) is 2. The van der Waals surface area contributed by atoms with Crippen LogP contribution in [-0.4, -0.2) is 28.8 Å². The number of hydrogen-bond acceptors (Lipinski definition) is 3. The van der Waals surface area contributed by atoms with Gasteiger partial charge in [-0.3, -0.25) is 4.79 Å². The van der Waals surface area contributed by atoms with Gasteiger partial charge in [0, 0.05) is 5.75 Å². The first-order chi connectivity index (χ1) is 9.02. The Kier molecular flexibility index (Phi) is 6.35. The molecule has 6 heteroatoms. The van der Waals surface area contributed by atoms with Crippen molar-refractivity contribution in [3.63, 3.8) is 0 Å². The monoisotopic (exact) mass is 285 g/mol. The summed E-state index contributed by atoms with van der Waals surface area (Å²) in [7, 11) is 0. The number of nitrogens with one attached hydrogen (secondary N) is 1. The fourth-order valence-corrected chi connectivity index (χ4v) is 2.22.